The van der Waals surface area contributed by atoms with Gasteiger partial charge in [-0.1, -0.05) is 6.07 Å². The van der Waals surface area contributed by atoms with Crippen LogP contribution in [0, 0.1) is 0 Å². The highest BCUT2D eigenvalue weighted by atomic mass is 19.4. The molecule has 2 saturated heterocycles. The number of nitrogens with zero attached hydrogens (tertiary/aromatic N) is 2. The average molecular weight is 562 g/mol. The first-order chi connectivity index (χ1) is 18.2. The van der Waals surface area contributed by atoms with Crippen LogP contribution in [0.25, 0.3) is 0 Å². The van der Waals surface area contributed by atoms with Crippen LogP contribution < -0.4 is 15.0 Å². The summed E-state index contributed by atoms with van der Waals surface area (Å²) in [6.07, 6.45) is -6.37. The molecular formula is C26H29F6N3O4. The fraction of sp³-hybridized carbons (Fsp3) is 0.462. The zero-order valence-corrected chi connectivity index (χ0v) is 21.3. The van der Waals surface area contributed by atoms with Crippen molar-refractivity contribution >= 4 is 23.3 Å². The van der Waals surface area contributed by atoms with Gasteiger partial charge in [0.25, 0.3) is 5.91 Å². The molecule has 2 atom stereocenters. The highest BCUT2D eigenvalue weighted by molar-refractivity contribution is 6.05. The molecule has 39 heavy (non-hydrogen) atoms. The fourth-order valence-electron chi connectivity index (χ4n) is 4.78. The van der Waals surface area contributed by atoms with Gasteiger partial charge in [0, 0.05) is 36.4 Å². The number of methoxy groups -OCH3 is 1. The number of nitrogens with one attached hydrogen (secondary N) is 1. The van der Waals surface area contributed by atoms with Gasteiger partial charge in [-0.3, -0.25) is 9.69 Å². The molecule has 2 N–H and O–H groups in total. The van der Waals surface area contributed by atoms with E-state index in [0.717, 1.165) is 32.1 Å². The van der Waals surface area contributed by atoms with E-state index in [2.05, 4.69) is 17.1 Å². The number of likely N-dealkylation sites (tertiary alicyclic amines) is 1. The summed E-state index contributed by atoms with van der Waals surface area (Å²) in [7, 11) is 1.46. The van der Waals surface area contributed by atoms with E-state index in [-0.39, 0.29) is 11.3 Å². The molecular weight excluding hydrogens is 532 g/mol. The van der Waals surface area contributed by atoms with E-state index < -0.39 is 29.8 Å². The zero-order chi connectivity index (χ0) is 29.0. The SMILES string of the molecule is COc1cccc(C(=O)Nc2ccc(N3CCC(N4CCCC4C)C3)cc2C(F)(F)F)c1.O=C(O)C(F)(F)F. The summed E-state index contributed by atoms with van der Waals surface area (Å²) in [5.74, 6) is -2.92. The maximum Gasteiger partial charge on any atom is 0.490 e. The number of carbonyl (C=O) groups is 2. The lowest BCUT2D eigenvalue weighted by molar-refractivity contribution is -0.192. The van der Waals surface area contributed by atoms with Crippen LogP contribution in [0.2, 0.25) is 0 Å². The van der Waals surface area contributed by atoms with E-state index in [1.807, 2.05) is 4.90 Å². The Morgan fingerprint density at radius 2 is 1.72 bits per heavy atom. The Hall–Kier alpha value is -3.48. The third-order valence-corrected chi connectivity index (χ3v) is 6.73. The molecule has 2 fully saturated rings. The van der Waals surface area contributed by atoms with E-state index in [0.29, 0.717) is 23.5 Å². The summed E-state index contributed by atoms with van der Waals surface area (Å²) in [4.78, 5) is 26.0. The van der Waals surface area contributed by atoms with Crippen molar-refractivity contribution in [1.82, 2.24) is 4.90 Å². The molecule has 2 aromatic rings. The van der Waals surface area contributed by atoms with Crippen LogP contribution in [0.5, 0.6) is 5.75 Å². The number of benzene rings is 2. The molecule has 2 aliphatic rings. The zero-order valence-electron chi connectivity index (χ0n) is 21.3. The van der Waals surface area contributed by atoms with Gasteiger partial charge in [-0.25, -0.2) is 4.79 Å². The molecule has 0 spiro atoms. The highest BCUT2D eigenvalue weighted by Gasteiger charge is 2.38. The van der Waals surface area contributed by atoms with Gasteiger partial charge in [0.2, 0.25) is 0 Å². The molecule has 4 rings (SSSR count). The lowest BCUT2D eigenvalue weighted by atomic mass is 10.1. The van der Waals surface area contributed by atoms with Crippen LogP contribution in [0.3, 0.4) is 0 Å². The van der Waals surface area contributed by atoms with Crippen LogP contribution in [-0.2, 0) is 11.0 Å². The number of halogens is 6. The number of hydrogen-bond donors (Lipinski definition) is 2. The number of ether oxygens (including phenoxy) is 1. The fourth-order valence-corrected chi connectivity index (χ4v) is 4.78. The van der Waals surface area contributed by atoms with Crippen LogP contribution in [0.15, 0.2) is 42.5 Å². The molecule has 7 nitrogen and oxygen atoms in total. The molecule has 0 saturated carbocycles. The number of hydrogen-bond acceptors (Lipinski definition) is 5. The van der Waals surface area contributed by atoms with Gasteiger partial charge >= 0.3 is 18.3 Å². The Morgan fingerprint density at radius 3 is 2.28 bits per heavy atom. The van der Waals surface area contributed by atoms with Crippen LogP contribution >= 0.6 is 0 Å². The van der Waals surface area contributed by atoms with E-state index in [9.17, 15) is 31.1 Å². The summed E-state index contributed by atoms with van der Waals surface area (Å²) in [5, 5.41) is 9.55. The molecule has 13 heteroatoms. The molecule has 0 bridgehead atoms. The smallest absolute Gasteiger partial charge is 0.490 e. The van der Waals surface area contributed by atoms with Gasteiger partial charge in [0.1, 0.15) is 5.75 Å². The number of carboxylic acid groups (broad SMARTS) is 1. The minimum absolute atomic E-state index is 0.226. The van der Waals surface area contributed by atoms with Crippen molar-refractivity contribution < 1.29 is 45.8 Å². The van der Waals surface area contributed by atoms with Crippen LogP contribution in [0.1, 0.15) is 42.1 Å². The Labute approximate surface area is 221 Å². The van der Waals surface area contributed by atoms with Crippen molar-refractivity contribution in [3.63, 3.8) is 0 Å². The largest absolute Gasteiger partial charge is 0.497 e. The van der Waals surface area contributed by atoms with E-state index >= 15 is 0 Å². The predicted octanol–water partition coefficient (Wildman–Crippen LogP) is 5.66. The van der Waals surface area contributed by atoms with E-state index in [4.69, 9.17) is 14.6 Å². The topological polar surface area (TPSA) is 82.1 Å². The number of amides is 1. The molecule has 214 valence electrons. The van der Waals surface area contributed by atoms with Crippen LogP contribution in [0.4, 0.5) is 37.7 Å². The molecule has 0 aliphatic carbocycles. The first kappa shape index (κ1) is 30.1. The first-order valence-electron chi connectivity index (χ1n) is 12.2. The molecule has 0 radical (unpaired) electrons. The summed E-state index contributed by atoms with van der Waals surface area (Å²) < 4.78 is 78.4. The second kappa shape index (κ2) is 12.1. The normalized spacial score (nSPS) is 19.8. The van der Waals surface area contributed by atoms with Gasteiger partial charge in [-0.05, 0) is 69.1 Å². The van der Waals surface area contributed by atoms with Crippen molar-refractivity contribution in [2.75, 3.05) is 37.0 Å². The monoisotopic (exact) mass is 561 g/mol. The number of carbonyl (C=O) groups excluding carboxylic acids is 1. The third-order valence-electron chi connectivity index (χ3n) is 6.73. The molecule has 2 aromatic carbocycles. The van der Waals surface area contributed by atoms with Gasteiger partial charge in [-0.15, -0.1) is 0 Å². The summed E-state index contributed by atoms with van der Waals surface area (Å²) >= 11 is 0. The summed E-state index contributed by atoms with van der Waals surface area (Å²) in [5.41, 5.74) is -0.336. The molecule has 0 aromatic heterocycles. The number of carboxylic acids is 1. The standard InChI is InChI=1S/C24H28F3N3O2.C2HF3O2/c1-16-5-4-11-30(16)19-10-12-29(15-19)18-8-9-22(21(14-18)24(25,26)27)28-23(31)17-6-3-7-20(13-17)32-2;3-2(4,5)1(6)7/h3,6-9,13-14,16,19H,4-5,10-12,15H2,1-2H3,(H,28,31);(H,6,7). The van der Waals surface area contributed by atoms with Crippen molar-refractivity contribution in [3.8, 4) is 5.75 Å². The Kier molecular flexibility index (Phi) is 9.36. The number of rotatable bonds is 5. The van der Waals surface area contributed by atoms with Gasteiger partial charge in [0.05, 0.1) is 18.4 Å². The quantitative estimate of drug-likeness (QED) is 0.459. The summed E-state index contributed by atoms with van der Waals surface area (Å²) in [6, 6.07) is 11.4. The Bertz CT molecular complexity index is 1170. The van der Waals surface area contributed by atoms with Crippen molar-refractivity contribution in [2.45, 2.75) is 50.6 Å². The summed E-state index contributed by atoms with van der Waals surface area (Å²) in [6.45, 7) is 4.72. The average Bonchev–Trinajstić information content (AvgIpc) is 3.52. The van der Waals surface area contributed by atoms with Crippen LogP contribution in [-0.4, -0.2) is 66.9 Å². The lowest BCUT2D eigenvalue weighted by Gasteiger charge is -2.29. The maximum atomic E-state index is 13.9. The Balaban J connectivity index is 0.000000532. The van der Waals surface area contributed by atoms with Gasteiger partial charge in [0.15, 0.2) is 0 Å². The third kappa shape index (κ3) is 7.78. The van der Waals surface area contributed by atoms with E-state index in [1.54, 1.807) is 18.2 Å². The lowest BCUT2D eigenvalue weighted by Crippen LogP contribution is -2.39. The second-order valence-corrected chi connectivity index (χ2v) is 9.33. The van der Waals surface area contributed by atoms with E-state index in [1.165, 1.54) is 38.2 Å². The van der Waals surface area contributed by atoms with Gasteiger partial charge < -0.3 is 20.1 Å². The predicted molar refractivity (Wildman–Crippen MR) is 132 cm³/mol. The Morgan fingerprint density at radius 1 is 1.03 bits per heavy atom. The molecule has 2 unspecified atom stereocenters. The molecule has 2 aliphatic heterocycles. The first-order valence-corrected chi connectivity index (χ1v) is 12.2. The minimum atomic E-state index is -5.08. The molecule has 1 amide bonds. The van der Waals surface area contributed by atoms with Crippen molar-refractivity contribution in [1.29, 1.82) is 0 Å². The minimum Gasteiger partial charge on any atom is -0.497 e. The van der Waals surface area contributed by atoms with Crippen molar-refractivity contribution in [3.05, 3.63) is 53.6 Å². The molecule has 2 heterocycles. The number of alkyl halides is 6. The van der Waals surface area contributed by atoms with Gasteiger partial charge in [-0.2, -0.15) is 26.3 Å². The van der Waals surface area contributed by atoms with Crippen molar-refractivity contribution in [2.24, 2.45) is 0 Å². The second-order valence-electron chi connectivity index (χ2n) is 9.33. The number of aliphatic carboxylic acids is 1. The highest BCUT2D eigenvalue weighted by Crippen LogP contribution is 2.39. The maximum absolute atomic E-state index is 13.9. The number of anilines is 2.